The van der Waals surface area contributed by atoms with Gasteiger partial charge in [-0.05, 0) is 18.9 Å². The van der Waals surface area contributed by atoms with E-state index in [1.807, 2.05) is 0 Å². The third-order valence-electron chi connectivity index (χ3n) is 2.84. The van der Waals surface area contributed by atoms with Crippen molar-refractivity contribution < 1.29 is 14.3 Å². The average Bonchev–Trinajstić information content (AvgIpc) is 2.39. The van der Waals surface area contributed by atoms with Crippen LogP contribution in [0.15, 0.2) is 24.3 Å². The van der Waals surface area contributed by atoms with Crippen LogP contribution < -0.4 is 5.73 Å². The number of esters is 1. The van der Waals surface area contributed by atoms with Crippen LogP contribution in [0.3, 0.4) is 0 Å². The molecule has 0 aromatic rings. The average molecular weight is 267 g/mol. The van der Waals surface area contributed by atoms with E-state index in [2.05, 4.69) is 13.5 Å². The number of ether oxygens (including phenoxy) is 1. The highest BCUT2D eigenvalue weighted by atomic mass is 16.5. The molecule has 0 atom stereocenters. The summed E-state index contributed by atoms with van der Waals surface area (Å²) in [6.45, 7) is 5.54. The lowest BCUT2D eigenvalue weighted by Crippen LogP contribution is -2.15. The molecule has 4 heteroatoms. The number of primary amides is 1. The van der Waals surface area contributed by atoms with Gasteiger partial charge in [-0.3, -0.25) is 4.79 Å². The van der Waals surface area contributed by atoms with Gasteiger partial charge in [0.1, 0.15) is 6.61 Å². The smallest absolute Gasteiger partial charge is 0.330 e. The molecule has 0 aliphatic heterocycles. The topological polar surface area (TPSA) is 69.4 Å². The van der Waals surface area contributed by atoms with Gasteiger partial charge in [-0.15, -0.1) is 0 Å². The summed E-state index contributed by atoms with van der Waals surface area (Å²) in [5.74, 6) is -0.942. The molecular weight excluding hydrogens is 242 g/mol. The van der Waals surface area contributed by atoms with Crippen LogP contribution >= 0.6 is 0 Å². The Bertz CT molecular complexity index is 321. The van der Waals surface area contributed by atoms with Gasteiger partial charge < -0.3 is 10.5 Å². The first-order valence-electron chi connectivity index (χ1n) is 6.89. The van der Waals surface area contributed by atoms with Gasteiger partial charge in [0, 0.05) is 11.6 Å². The Morgan fingerprint density at radius 1 is 1.16 bits per heavy atom. The Labute approximate surface area is 115 Å². The predicted molar refractivity (Wildman–Crippen MR) is 76.4 cm³/mol. The first-order chi connectivity index (χ1) is 9.11. The lowest BCUT2D eigenvalue weighted by Gasteiger charge is -2.04. The van der Waals surface area contributed by atoms with Crippen LogP contribution in [0.4, 0.5) is 0 Å². The summed E-state index contributed by atoms with van der Waals surface area (Å²) in [5, 5.41) is 0. The molecule has 0 heterocycles. The predicted octanol–water partition coefficient (Wildman–Crippen LogP) is 2.88. The molecule has 0 rings (SSSR count). The van der Waals surface area contributed by atoms with Crippen molar-refractivity contribution in [3.05, 3.63) is 24.3 Å². The zero-order valence-electron chi connectivity index (χ0n) is 11.8. The van der Waals surface area contributed by atoms with Crippen molar-refractivity contribution in [2.45, 2.75) is 51.9 Å². The van der Waals surface area contributed by atoms with Crippen molar-refractivity contribution in [3.8, 4) is 0 Å². The largest absolute Gasteiger partial charge is 0.458 e. The van der Waals surface area contributed by atoms with Crippen molar-refractivity contribution in [2.24, 2.45) is 5.73 Å². The molecule has 108 valence electrons. The number of amides is 1. The third kappa shape index (κ3) is 10.1. The molecule has 0 aliphatic rings. The Balaban J connectivity index is 3.91. The fraction of sp³-hybridized carbons (Fsp3) is 0.600. The standard InChI is InChI=1S/C15H25NO3/c1-3-5-6-7-8-9-10-13(15(16)18)11-12-19-14(17)4-2/h4,11H,2-3,5-10,12H2,1H3,(H2,16,18)/b13-11+. The maximum atomic E-state index is 11.2. The van der Waals surface area contributed by atoms with Gasteiger partial charge in [0.15, 0.2) is 0 Å². The molecule has 0 radical (unpaired) electrons. The summed E-state index contributed by atoms with van der Waals surface area (Å²) in [7, 11) is 0. The summed E-state index contributed by atoms with van der Waals surface area (Å²) < 4.78 is 4.79. The molecule has 4 nitrogen and oxygen atoms in total. The highest BCUT2D eigenvalue weighted by Gasteiger charge is 2.05. The molecule has 0 saturated carbocycles. The van der Waals surface area contributed by atoms with Gasteiger partial charge >= 0.3 is 5.97 Å². The van der Waals surface area contributed by atoms with E-state index in [9.17, 15) is 9.59 Å². The summed E-state index contributed by atoms with van der Waals surface area (Å²) in [4.78, 5) is 22.0. The number of rotatable bonds is 11. The highest BCUT2D eigenvalue weighted by Crippen LogP contribution is 2.11. The third-order valence-corrected chi connectivity index (χ3v) is 2.84. The SMILES string of the molecule is C=CC(=O)OC/C=C(\CCCCCCCC)C(N)=O. The molecular formula is C15H25NO3. The van der Waals surface area contributed by atoms with Crippen LogP contribution in [0, 0.1) is 0 Å². The van der Waals surface area contributed by atoms with E-state index in [1.165, 1.54) is 25.7 Å². The van der Waals surface area contributed by atoms with Crippen LogP contribution in [0.5, 0.6) is 0 Å². The molecule has 0 aliphatic carbocycles. The Morgan fingerprint density at radius 3 is 2.37 bits per heavy atom. The second kappa shape index (κ2) is 11.5. The van der Waals surface area contributed by atoms with Crippen molar-refractivity contribution in [1.82, 2.24) is 0 Å². The number of hydrogen-bond donors (Lipinski definition) is 1. The second-order valence-corrected chi connectivity index (χ2v) is 4.45. The van der Waals surface area contributed by atoms with Crippen LogP contribution in [0.1, 0.15) is 51.9 Å². The molecule has 0 spiro atoms. The number of nitrogens with two attached hydrogens (primary N) is 1. The first kappa shape index (κ1) is 17.4. The summed E-state index contributed by atoms with van der Waals surface area (Å²) in [6, 6.07) is 0. The molecule has 0 bridgehead atoms. The lowest BCUT2D eigenvalue weighted by molar-refractivity contribution is -0.136. The maximum Gasteiger partial charge on any atom is 0.330 e. The number of carbonyl (C=O) groups is 2. The van der Waals surface area contributed by atoms with Crippen LogP contribution in [-0.4, -0.2) is 18.5 Å². The molecule has 1 amide bonds. The Kier molecular flexibility index (Phi) is 10.6. The fourth-order valence-electron chi connectivity index (χ4n) is 1.70. The summed E-state index contributed by atoms with van der Waals surface area (Å²) in [6.07, 6.45) is 10.3. The van der Waals surface area contributed by atoms with Gasteiger partial charge in [0.25, 0.3) is 0 Å². The summed E-state index contributed by atoms with van der Waals surface area (Å²) >= 11 is 0. The molecule has 0 fully saturated rings. The van der Waals surface area contributed by atoms with Crippen LogP contribution in [0.2, 0.25) is 0 Å². The van der Waals surface area contributed by atoms with E-state index < -0.39 is 11.9 Å². The first-order valence-corrected chi connectivity index (χ1v) is 6.89. The van der Waals surface area contributed by atoms with E-state index in [0.717, 1.165) is 18.9 Å². The van der Waals surface area contributed by atoms with Crippen molar-refractivity contribution in [2.75, 3.05) is 6.61 Å². The van der Waals surface area contributed by atoms with E-state index >= 15 is 0 Å². The zero-order chi connectivity index (χ0) is 14.5. The van der Waals surface area contributed by atoms with Gasteiger partial charge in [-0.1, -0.05) is 45.6 Å². The van der Waals surface area contributed by atoms with Gasteiger partial charge in [0.2, 0.25) is 5.91 Å². The normalized spacial score (nSPS) is 11.1. The van der Waals surface area contributed by atoms with E-state index in [-0.39, 0.29) is 6.61 Å². The molecule has 19 heavy (non-hydrogen) atoms. The van der Waals surface area contributed by atoms with Gasteiger partial charge in [-0.25, -0.2) is 4.79 Å². The number of carbonyl (C=O) groups excluding carboxylic acids is 2. The minimum atomic E-state index is -0.500. The van der Waals surface area contributed by atoms with Crippen molar-refractivity contribution in [1.29, 1.82) is 0 Å². The second-order valence-electron chi connectivity index (χ2n) is 4.45. The molecule has 0 saturated heterocycles. The Morgan fingerprint density at radius 2 is 1.79 bits per heavy atom. The molecule has 2 N–H and O–H groups in total. The Hall–Kier alpha value is -1.58. The quantitative estimate of drug-likeness (QED) is 0.355. The van der Waals surface area contributed by atoms with Gasteiger partial charge in [-0.2, -0.15) is 0 Å². The van der Waals surface area contributed by atoms with Crippen molar-refractivity contribution in [3.63, 3.8) is 0 Å². The van der Waals surface area contributed by atoms with Crippen LogP contribution in [-0.2, 0) is 14.3 Å². The maximum absolute atomic E-state index is 11.2. The minimum absolute atomic E-state index is 0.0684. The monoisotopic (exact) mass is 267 g/mol. The highest BCUT2D eigenvalue weighted by molar-refractivity contribution is 5.91. The van der Waals surface area contributed by atoms with Crippen LogP contribution in [0.25, 0.3) is 0 Å². The number of hydrogen-bond acceptors (Lipinski definition) is 3. The summed E-state index contributed by atoms with van der Waals surface area (Å²) in [5.41, 5.74) is 5.82. The number of unbranched alkanes of at least 4 members (excludes halogenated alkanes) is 5. The van der Waals surface area contributed by atoms with E-state index in [0.29, 0.717) is 12.0 Å². The van der Waals surface area contributed by atoms with E-state index in [4.69, 9.17) is 10.5 Å². The van der Waals surface area contributed by atoms with Crippen molar-refractivity contribution >= 4 is 11.9 Å². The van der Waals surface area contributed by atoms with Gasteiger partial charge in [0.05, 0.1) is 0 Å². The molecule has 0 aromatic carbocycles. The molecule has 0 aromatic heterocycles. The fourth-order valence-corrected chi connectivity index (χ4v) is 1.70. The van der Waals surface area contributed by atoms with E-state index in [1.54, 1.807) is 6.08 Å². The molecule has 0 unspecified atom stereocenters. The zero-order valence-corrected chi connectivity index (χ0v) is 11.8. The lowest BCUT2D eigenvalue weighted by atomic mass is 10.0. The minimum Gasteiger partial charge on any atom is -0.458 e.